The molecule has 1 aromatic carbocycles. The molecule has 0 aliphatic rings. The van der Waals surface area contributed by atoms with Gasteiger partial charge in [-0.3, -0.25) is 0 Å². The minimum absolute atomic E-state index is 0.291. The molecule has 0 saturated heterocycles. The van der Waals surface area contributed by atoms with Gasteiger partial charge in [-0.1, -0.05) is 16.8 Å². The van der Waals surface area contributed by atoms with Crippen molar-refractivity contribution in [3.63, 3.8) is 0 Å². The molecule has 21 heavy (non-hydrogen) atoms. The SMILES string of the molecule is CS(=O)(=O)NCCCNc1nc(-c2ccc(Cl)cc2)no1. The molecule has 0 saturated carbocycles. The molecule has 0 fully saturated rings. The summed E-state index contributed by atoms with van der Waals surface area (Å²) >= 11 is 5.81. The molecule has 0 aliphatic heterocycles. The second-order valence-corrected chi connectivity index (χ2v) is 6.65. The number of rotatable bonds is 7. The highest BCUT2D eigenvalue weighted by molar-refractivity contribution is 7.88. The van der Waals surface area contributed by atoms with Crippen molar-refractivity contribution in [1.82, 2.24) is 14.9 Å². The average Bonchev–Trinajstić information content (AvgIpc) is 2.87. The van der Waals surface area contributed by atoms with Gasteiger partial charge in [0, 0.05) is 23.7 Å². The van der Waals surface area contributed by atoms with Gasteiger partial charge in [0.25, 0.3) is 0 Å². The summed E-state index contributed by atoms with van der Waals surface area (Å²) in [4.78, 5) is 4.19. The van der Waals surface area contributed by atoms with Crippen molar-refractivity contribution in [1.29, 1.82) is 0 Å². The monoisotopic (exact) mass is 330 g/mol. The number of sulfonamides is 1. The lowest BCUT2D eigenvalue weighted by Gasteiger charge is -2.02. The Morgan fingerprint density at radius 2 is 1.95 bits per heavy atom. The minimum atomic E-state index is -3.14. The number of hydrogen-bond donors (Lipinski definition) is 2. The molecule has 0 radical (unpaired) electrons. The molecule has 2 aromatic rings. The first-order chi connectivity index (χ1) is 9.94. The van der Waals surface area contributed by atoms with Crippen molar-refractivity contribution in [2.24, 2.45) is 0 Å². The van der Waals surface area contributed by atoms with Crippen LogP contribution in [0.1, 0.15) is 6.42 Å². The molecule has 0 spiro atoms. The van der Waals surface area contributed by atoms with Gasteiger partial charge in [-0.2, -0.15) is 4.98 Å². The summed E-state index contributed by atoms with van der Waals surface area (Å²) in [5.41, 5.74) is 0.801. The predicted octanol–water partition coefficient (Wildman–Crippen LogP) is 1.74. The zero-order valence-electron chi connectivity index (χ0n) is 11.3. The lowest BCUT2D eigenvalue weighted by atomic mass is 10.2. The van der Waals surface area contributed by atoms with Crippen LogP contribution in [0.4, 0.5) is 6.01 Å². The molecule has 2 N–H and O–H groups in total. The second kappa shape index (κ2) is 6.88. The van der Waals surface area contributed by atoms with E-state index < -0.39 is 10.0 Å². The van der Waals surface area contributed by atoms with E-state index in [0.717, 1.165) is 11.8 Å². The van der Waals surface area contributed by atoms with Crippen molar-refractivity contribution in [3.05, 3.63) is 29.3 Å². The van der Waals surface area contributed by atoms with Crippen molar-refractivity contribution >= 4 is 27.6 Å². The third kappa shape index (κ3) is 5.33. The Labute approximate surface area is 127 Å². The fraction of sp³-hybridized carbons (Fsp3) is 0.333. The summed E-state index contributed by atoms with van der Waals surface area (Å²) in [6.07, 6.45) is 1.72. The third-order valence-corrected chi connectivity index (χ3v) is 3.50. The predicted molar refractivity (Wildman–Crippen MR) is 80.7 cm³/mol. The second-order valence-electron chi connectivity index (χ2n) is 4.38. The molecule has 1 aromatic heterocycles. The molecule has 0 amide bonds. The highest BCUT2D eigenvalue weighted by Gasteiger charge is 2.08. The van der Waals surface area contributed by atoms with Gasteiger partial charge in [-0.15, -0.1) is 0 Å². The Morgan fingerprint density at radius 3 is 2.62 bits per heavy atom. The van der Waals surface area contributed by atoms with E-state index in [1.54, 1.807) is 24.3 Å². The van der Waals surface area contributed by atoms with Gasteiger partial charge in [0.2, 0.25) is 15.8 Å². The van der Waals surface area contributed by atoms with E-state index in [0.29, 0.717) is 36.4 Å². The maximum Gasteiger partial charge on any atom is 0.321 e. The standard InChI is InChI=1S/C12H15ClN4O3S/c1-21(18,19)15-8-2-7-14-12-16-11(17-20-12)9-3-5-10(13)6-4-9/h3-6,15H,2,7-8H2,1H3,(H,14,16,17). The van der Waals surface area contributed by atoms with Crippen molar-refractivity contribution < 1.29 is 12.9 Å². The van der Waals surface area contributed by atoms with Gasteiger partial charge in [0.15, 0.2) is 0 Å². The first-order valence-corrected chi connectivity index (χ1v) is 8.49. The molecule has 0 bridgehead atoms. The van der Waals surface area contributed by atoms with E-state index in [1.165, 1.54) is 0 Å². The van der Waals surface area contributed by atoms with Gasteiger partial charge in [-0.25, -0.2) is 13.1 Å². The maximum atomic E-state index is 10.9. The molecule has 0 aliphatic carbocycles. The van der Waals surface area contributed by atoms with Crippen LogP contribution in [0.3, 0.4) is 0 Å². The van der Waals surface area contributed by atoms with Crippen LogP contribution in [-0.2, 0) is 10.0 Å². The van der Waals surface area contributed by atoms with E-state index >= 15 is 0 Å². The molecular weight excluding hydrogens is 316 g/mol. The number of benzene rings is 1. The van der Waals surface area contributed by atoms with Crippen LogP contribution in [0.15, 0.2) is 28.8 Å². The minimum Gasteiger partial charge on any atom is -0.338 e. The van der Waals surface area contributed by atoms with Crippen LogP contribution in [0.25, 0.3) is 11.4 Å². The van der Waals surface area contributed by atoms with Crippen LogP contribution in [0.5, 0.6) is 0 Å². The summed E-state index contributed by atoms with van der Waals surface area (Å²) in [5.74, 6) is 0.462. The number of nitrogens with one attached hydrogen (secondary N) is 2. The molecule has 114 valence electrons. The number of aromatic nitrogens is 2. The van der Waals surface area contributed by atoms with Crippen molar-refractivity contribution in [2.75, 3.05) is 24.7 Å². The topological polar surface area (TPSA) is 97.1 Å². The summed E-state index contributed by atoms with van der Waals surface area (Å²) in [6.45, 7) is 0.870. The highest BCUT2D eigenvalue weighted by Crippen LogP contribution is 2.19. The number of nitrogens with zero attached hydrogens (tertiary/aromatic N) is 2. The first-order valence-electron chi connectivity index (χ1n) is 6.22. The lowest BCUT2D eigenvalue weighted by Crippen LogP contribution is -2.24. The smallest absolute Gasteiger partial charge is 0.321 e. The Morgan fingerprint density at radius 1 is 1.24 bits per heavy atom. The van der Waals surface area contributed by atoms with Gasteiger partial charge in [-0.05, 0) is 30.7 Å². The summed E-state index contributed by atoms with van der Waals surface area (Å²) < 4.78 is 29.2. The Hall–Kier alpha value is -1.64. The average molecular weight is 331 g/mol. The van der Waals surface area contributed by atoms with Crippen LogP contribution in [-0.4, -0.2) is 37.9 Å². The zero-order chi connectivity index (χ0) is 15.3. The Kier molecular flexibility index (Phi) is 5.16. The molecule has 2 rings (SSSR count). The molecule has 1 heterocycles. The van der Waals surface area contributed by atoms with Crippen LogP contribution in [0.2, 0.25) is 5.02 Å². The Bertz CT molecular complexity index is 685. The fourth-order valence-corrected chi connectivity index (χ4v) is 2.19. The van der Waals surface area contributed by atoms with Gasteiger partial charge >= 0.3 is 6.01 Å². The maximum absolute atomic E-state index is 10.9. The molecular formula is C12H15ClN4O3S. The molecule has 7 nitrogen and oxygen atoms in total. The summed E-state index contributed by atoms with van der Waals surface area (Å²) in [6, 6.07) is 7.38. The van der Waals surface area contributed by atoms with Gasteiger partial charge in [0.1, 0.15) is 0 Å². The van der Waals surface area contributed by atoms with Crippen LogP contribution >= 0.6 is 11.6 Å². The largest absolute Gasteiger partial charge is 0.338 e. The van der Waals surface area contributed by atoms with Crippen molar-refractivity contribution in [3.8, 4) is 11.4 Å². The Balaban J connectivity index is 1.82. The van der Waals surface area contributed by atoms with Gasteiger partial charge in [0.05, 0.1) is 6.26 Å². The number of halogens is 1. The number of hydrogen-bond acceptors (Lipinski definition) is 6. The van der Waals surface area contributed by atoms with E-state index in [9.17, 15) is 8.42 Å². The first kappa shape index (κ1) is 15.7. The van der Waals surface area contributed by atoms with Crippen molar-refractivity contribution in [2.45, 2.75) is 6.42 Å². The summed E-state index contributed by atoms with van der Waals surface area (Å²) in [7, 11) is -3.14. The van der Waals surface area contributed by atoms with Crippen LogP contribution in [0, 0.1) is 0 Å². The third-order valence-electron chi connectivity index (χ3n) is 2.52. The number of anilines is 1. The van der Waals surface area contributed by atoms with E-state index in [-0.39, 0.29) is 0 Å². The van der Waals surface area contributed by atoms with E-state index in [1.807, 2.05) is 0 Å². The van der Waals surface area contributed by atoms with Crippen LogP contribution < -0.4 is 10.0 Å². The normalized spacial score (nSPS) is 11.5. The fourth-order valence-electron chi connectivity index (χ4n) is 1.55. The zero-order valence-corrected chi connectivity index (χ0v) is 12.9. The molecule has 0 unspecified atom stereocenters. The van der Waals surface area contributed by atoms with E-state index in [2.05, 4.69) is 20.2 Å². The highest BCUT2D eigenvalue weighted by atomic mass is 35.5. The van der Waals surface area contributed by atoms with Gasteiger partial charge < -0.3 is 9.84 Å². The lowest BCUT2D eigenvalue weighted by molar-refractivity contribution is 0.432. The van der Waals surface area contributed by atoms with E-state index in [4.69, 9.17) is 16.1 Å². The molecule has 0 atom stereocenters. The quantitative estimate of drug-likeness (QED) is 0.750. The summed E-state index contributed by atoms with van der Waals surface area (Å²) in [5, 5.41) is 7.42. The molecule has 9 heteroatoms.